The van der Waals surface area contributed by atoms with Gasteiger partial charge < -0.3 is 23.8 Å². The van der Waals surface area contributed by atoms with Crippen molar-refractivity contribution >= 4 is 33.2 Å². The van der Waals surface area contributed by atoms with Crippen molar-refractivity contribution in [3.05, 3.63) is 70.3 Å². The van der Waals surface area contributed by atoms with Crippen LogP contribution in [0.1, 0.15) is 60.5 Å². The summed E-state index contributed by atoms with van der Waals surface area (Å²) < 4.78 is 53.1. The third kappa shape index (κ3) is 7.37. The van der Waals surface area contributed by atoms with Crippen molar-refractivity contribution < 1.29 is 32.2 Å². The molecule has 2 aliphatic carbocycles. The summed E-state index contributed by atoms with van der Waals surface area (Å²) in [7, 11) is -0.905. The molecule has 11 heteroatoms. The Bertz CT molecular complexity index is 1580. The van der Waals surface area contributed by atoms with E-state index in [1.807, 2.05) is 19.1 Å². The molecule has 2 heterocycles. The second kappa shape index (κ2) is 14.5. The molecule has 1 amide bonds. The second-order valence-corrected chi connectivity index (χ2v) is 16.2. The first-order valence-electron chi connectivity index (χ1n) is 16.8. The summed E-state index contributed by atoms with van der Waals surface area (Å²) in [4.78, 5) is 16.0. The van der Waals surface area contributed by atoms with Gasteiger partial charge in [0.2, 0.25) is 10.0 Å². The number of carbonyl (C=O) groups is 1. The molecule has 6 rings (SSSR count). The Kier molecular flexibility index (Phi) is 10.5. The van der Waals surface area contributed by atoms with Gasteiger partial charge in [0, 0.05) is 43.3 Å². The number of nitrogens with zero attached hydrogens (tertiary/aromatic N) is 1. The first kappa shape index (κ1) is 34.2. The lowest BCUT2D eigenvalue weighted by atomic mass is 9.68. The van der Waals surface area contributed by atoms with E-state index >= 15 is 0 Å². The number of amides is 1. The highest BCUT2D eigenvalue weighted by Gasteiger charge is 2.44. The monoisotopic (exact) mass is 686 g/mol. The molecular formula is C36H47ClN2O7S. The number of fused-ring (bicyclic) bond motifs is 4. The topological polar surface area (TPSA) is 103 Å². The number of ether oxygens (including phenoxy) is 4. The molecule has 0 unspecified atom stereocenters. The van der Waals surface area contributed by atoms with Crippen molar-refractivity contribution in [1.82, 2.24) is 4.72 Å². The van der Waals surface area contributed by atoms with Crippen LogP contribution >= 0.6 is 11.6 Å². The lowest BCUT2D eigenvalue weighted by Crippen LogP contribution is -2.49. The number of hydrogen-bond donors (Lipinski definition) is 1. The van der Waals surface area contributed by atoms with Crippen molar-refractivity contribution in [2.75, 3.05) is 58.6 Å². The SMILES string of the molecule is COCCO[C@H]1/C=C/[C@H](C)C[C@@H](COC)S(=O)(=O)NC(=O)c2ccc3c(c2)N(C[C@@H]2CC[C@H]21)C[C@@]1(CCCc2cc(Cl)ccc21)CO3. The van der Waals surface area contributed by atoms with E-state index in [0.717, 1.165) is 49.4 Å². The van der Waals surface area contributed by atoms with Crippen LogP contribution in [0.2, 0.25) is 5.02 Å². The molecule has 2 bridgehead atoms. The van der Waals surface area contributed by atoms with E-state index in [0.29, 0.717) is 44.5 Å². The number of nitrogens with one attached hydrogen (secondary N) is 1. The van der Waals surface area contributed by atoms with Crippen molar-refractivity contribution in [3.8, 4) is 5.75 Å². The Balaban J connectivity index is 1.42. The molecule has 2 aromatic rings. The number of anilines is 1. The van der Waals surface area contributed by atoms with E-state index in [1.165, 1.54) is 18.2 Å². The quantitative estimate of drug-likeness (QED) is 0.312. The number of rotatable bonds is 6. The van der Waals surface area contributed by atoms with Crippen LogP contribution < -0.4 is 14.4 Å². The lowest BCUT2D eigenvalue weighted by Gasteiger charge is -2.46. The highest BCUT2D eigenvalue weighted by molar-refractivity contribution is 7.90. The second-order valence-electron chi connectivity index (χ2n) is 13.8. The van der Waals surface area contributed by atoms with Crippen molar-refractivity contribution in [2.45, 2.75) is 62.2 Å². The number of carbonyl (C=O) groups excluding carboxylic acids is 1. The van der Waals surface area contributed by atoms with Crippen LogP contribution in [-0.4, -0.2) is 79.4 Å². The third-order valence-electron chi connectivity index (χ3n) is 10.5. The third-order valence-corrected chi connectivity index (χ3v) is 12.5. The van der Waals surface area contributed by atoms with Crippen molar-refractivity contribution in [1.29, 1.82) is 0 Å². The minimum atomic E-state index is -4.05. The zero-order valence-electron chi connectivity index (χ0n) is 27.6. The summed E-state index contributed by atoms with van der Waals surface area (Å²) >= 11 is 6.44. The summed E-state index contributed by atoms with van der Waals surface area (Å²) in [5, 5.41) is -0.171. The van der Waals surface area contributed by atoms with Crippen LogP contribution in [0.25, 0.3) is 0 Å². The molecule has 1 N–H and O–H groups in total. The number of hydrogen-bond acceptors (Lipinski definition) is 8. The summed E-state index contributed by atoms with van der Waals surface area (Å²) in [6.07, 6.45) is 9.41. The smallest absolute Gasteiger partial charge is 0.264 e. The van der Waals surface area contributed by atoms with E-state index in [9.17, 15) is 13.2 Å². The van der Waals surface area contributed by atoms with Crippen LogP contribution in [0.5, 0.6) is 5.75 Å². The Hall–Kier alpha value is -2.63. The Morgan fingerprint density at radius 2 is 1.94 bits per heavy atom. The fourth-order valence-corrected chi connectivity index (χ4v) is 9.53. The van der Waals surface area contributed by atoms with Crippen molar-refractivity contribution in [3.63, 3.8) is 0 Å². The maximum Gasteiger partial charge on any atom is 0.264 e. The Morgan fingerprint density at radius 3 is 2.70 bits per heavy atom. The van der Waals surface area contributed by atoms with E-state index in [2.05, 4.69) is 33.9 Å². The molecule has 2 aliphatic heterocycles. The average Bonchev–Trinajstić information content (AvgIpc) is 3.17. The summed E-state index contributed by atoms with van der Waals surface area (Å²) in [6, 6.07) is 11.5. The largest absolute Gasteiger partial charge is 0.490 e. The van der Waals surface area contributed by atoms with Crippen LogP contribution in [0.4, 0.5) is 5.69 Å². The number of benzene rings is 2. The van der Waals surface area contributed by atoms with Gasteiger partial charge in [-0.15, -0.1) is 0 Å². The molecule has 1 fully saturated rings. The van der Waals surface area contributed by atoms with Gasteiger partial charge in [0.1, 0.15) is 11.0 Å². The predicted octanol–water partition coefficient (Wildman–Crippen LogP) is 5.54. The molecule has 9 nitrogen and oxygen atoms in total. The number of sulfonamides is 1. The highest BCUT2D eigenvalue weighted by Crippen LogP contribution is 2.47. The zero-order chi connectivity index (χ0) is 33.2. The summed E-state index contributed by atoms with van der Waals surface area (Å²) in [5.41, 5.74) is 3.34. The minimum absolute atomic E-state index is 0.0279. The predicted molar refractivity (Wildman–Crippen MR) is 183 cm³/mol. The van der Waals surface area contributed by atoms with E-state index in [1.54, 1.807) is 19.2 Å². The van der Waals surface area contributed by atoms with Crippen LogP contribution in [-0.2, 0) is 36.1 Å². The van der Waals surface area contributed by atoms with E-state index < -0.39 is 21.2 Å². The maximum absolute atomic E-state index is 13.6. The number of halogens is 1. The van der Waals surface area contributed by atoms with Gasteiger partial charge >= 0.3 is 0 Å². The molecule has 2 aromatic carbocycles. The van der Waals surface area contributed by atoms with Crippen LogP contribution in [0, 0.1) is 17.8 Å². The number of allylic oxidation sites excluding steroid dienone is 1. The Labute approximate surface area is 284 Å². The fourth-order valence-electron chi connectivity index (χ4n) is 7.92. The molecule has 1 saturated carbocycles. The molecule has 0 aromatic heterocycles. The van der Waals surface area contributed by atoms with Gasteiger partial charge in [0.25, 0.3) is 5.91 Å². The Morgan fingerprint density at radius 1 is 1.09 bits per heavy atom. The van der Waals surface area contributed by atoms with Gasteiger partial charge in [-0.25, -0.2) is 13.1 Å². The molecule has 256 valence electrons. The summed E-state index contributed by atoms with van der Waals surface area (Å²) in [6.45, 7) is 4.90. The van der Waals surface area contributed by atoms with Gasteiger partial charge in [-0.2, -0.15) is 0 Å². The van der Waals surface area contributed by atoms with Gasteiger partial charge in [0.15, 0.2) is 0 Å². The van der Waals surface area contributed by atoms with E-state index in [4.69, 9.17) is 30.5 Å². The first-order chi connectivity index (χ1) is 22.6. The average molecular weight is 687 g/mol. The number of aryl methyl sites for hydroxylation is 1. The molecule has 1 spiro atoms. The lowest BCUT2D eigenvalue weighted by molar-refractivity contribution is -0.0310. The number of methoxy groups -OCH3 is 2. The molecule has 4 aliphatic rings. The van der Waals surface area contributed by atoms with Gasteiger partial charge in [0.05, 0.1) is 38.2 Å². The highest BCUT2D eigenvalue weighted by atomic mass is 35.5. The molecule has 47 heavy (non-hydrogen) atoms. The normalized spacial score (nSPS) is 31.0. The van der Waals surface area contributed by atoms with Gasteiger partial charge in [-0.3, -0.25) is 4.79 Å². The molecule has 0 radical (unpaired) electrons. The zero-order valence-corrected chi connectivity index (χ0v) is 29.2. The van der Waals surface area contributed by atoms with Crippen LogP contribution in [0.3, 0.4) is 0 Å². The summed E-state index contributed by atoms with van der Waals surface area (Å²) in [5.74, 6) is 0.585. The molecule has 6 atom stereocenters. The standard InChI is InChI=1S/C36H47ClN2O7S/c1-24-6-12-33(45-16-15-43-2)30-10-7-27(30)20-39-22-36(14-4-5-25-18-28(37)9-11-31(25)36)23-46-34-13-8-26(19-32(34)39)35(40)38-47(41,42)29(17-24)21-44-3/h6,8-9,11-13,18-19,24,27,29-30,33H,4-5,7,10,14-17,20-23H2,1-3H3,(H,38,40)/b12-6+/t24-,27-,29-,30+,33-,36-/m0/s1. The van der Waals surface area contributed by atoms with E-state index in [-0.39, 0.29) is 35.5 Å². The van der Waals surface area contributed by atoms with Gasteiger partial charge in [-0.05, 0) is 97.7 Å². The molecule has 0 saturated heterocycles. The fraction of sp³-hybridized carbons (Fsp3) is 0.583. The first-order valence-corrected chi connectivity index (χ1v) is 18.7. The van der Waals surface area contributed by atoms with Crippen LogP contribution in [0.15, 0.2) is 48.6 Å². The van der Waals surface area contributed by atoms with Gasteiger partial charge in [-0.1, -0.05) is 36.7 Å². The van der Waals surface area contributed by atoms with Crippen molar-refractivity contribution in [2.24, 2.45) is 17.8 Å². The maximum atomic E-state index is 13.6. The minimum Gasteiger partial charge on any atom is -0.490 e. The molecular weight excluding hydrogens is 640 g/mol.